The van der Waals surface area contributed by atoms with E-state index in [0.29, 0.717) is 6.61 Å². The van der Waals surface area contributed by atoms with Gasteiger partial charge in [0.05, 0.1) is 12.6 Å². The first-order valence-corrected chi connectivity index (χ1v) is 3.50. The number of nitrogens with two attached hydrogens (primary N) is 1. The van der Waals surface area contributed by atoms with E-state index in [1.54, 1.807) is 7.11 Å². The van der Waals surface area contributed by atoms with Crippen LogP contribution >= 0.6 is 0 Å². The summed E-state index contributed by atoms with van der Waals surface area (Å²) in [4.78, 5) is 10.7. The summed E-state index contributed by atoms with van der Waals surface area (Å²) in [6, 6.07) is -0.350. The topological polar surface area (TPSA) is 76.4 Å². The van der Waals surface area contributed by atoms with Crippen LogP contribution in [0.25, 0.3) is 0 Å². The van der Waals surface area contributed by atoms with Gasteiger partial charge in [-0.15, -0.1) is 0 Å². The highest BCUT2D eigenvalue weighted by molar-refractivity contribution is 5.73. The van der Waals surface area contributed by atoms with Crippen molar-refractivity contribution in [1.29, 1.82) is 0 Å². The second-order valence-electron chi connectivity index (χ2n) is 2.18. The minimum Gasteiger partial charge on any atom is -0.383 e. The number of carbonyl (C=O) groups is 1. The molecule has 66 valence electrons. The van der Waals surface area contributed by atoms with E-state index in [1.165, 1.54) is 0 Å². The van der Waals surface area contributed by atoms with Gasteiger partial charge in [-0.25, -0.2) is 10.6 Å². The quantitative estimate of drug-likeness (QED) is 0.298. The number of urea groups is 1. The summed E-state index contributed by atoms with van der Waals surface area (Å²) in [7, 11) is 1.59. The molecule has 0 radical (unpaired) electrons. The summed E-state index contributed by atoms with van der Waals surface area (Å²) >= 11 is 0. The highest BCUT2D eigenvalue weighted by atomic mass is 16.5. The van der Waals surface area contributed by atoms with Gasteiger partial charge in [0, 0.05) is 7.11 Å². The molecule has 1 atom stereocenters. The molecular weight excluding hydrogens is 146 g/mol. The average molecular weight is 161 g/mol. The molecule has 0 aliphatic heterocycles. The van der Waals surface area contributed by atoms with Gasteiger partial charge in [0.25, 0.3) is 0 Å². The number of nitrogens with one attached hydrogen (secondary N) is 2. The summed E-state index contributed by atoms with van der Waals surface area (Å²) in [6.45, 7) is 2.46. The van der Waals surface area contributed by atoms with Crippen molar-refractivity contribution in [3.8, 4) is 0 Å². The molecule has 0 spiro atoms. The molecule has 11 heavy (non-hydrogen) atoms. The van der Waals surface area contributed by atoms with E-state index in [9.17, 15) is 4.79 Å². The number of carbonyl (C=O) groups excluding carboxylic acids is 1. The minimum absolute atomic E-state index is 0.0311. The maximum Gasteiger partial charge on any atom is 0.329 e. The molecule has 0 bridgehead atoms. The van der Waals surface area contributed by atoms with Crippen molar-refractivity contribution in [2.75, 3.05) is 13.7 Å². The molecule has 0 aromatic heterocycles. The molecule has 0 aliphatic carbocycles. The maximum atomic E-state index is 10.7. The fourth-order valence-corrected chi connectivity index (χ4v) is 0.690. The van der Waals surface area contributed by atoms with E-state index in [2.05, 4.69) is 5.32 Å². The zero-order valence-corrected chi connectivity index (χ0v) is 6.89. The third-order valence-electron chi connectivity index (χ3n) is 1.33. The lowest BCUT2D eigenvalue weighted by Crippen LogP contribution is -2.46. The third-order valence-corrected chi connectivity index (χ3v) is 1.33. The molecule has 0 heterocycles. The monoisotopic (exact) mass is 161 g/mol. The van der Waals surface area contributed by atoms with Crippen molar-refractivity contribution < 1.29 is 9.53 Å². The van der Waals surface area contributed by atoms with E-state index < -0.39 is 0 Å². The highest BCUT2D eigenvalue weighted by Gasteiger charge is 2.07. The van der Waals surface area contributed by atoms with Gasteiger partial charge in [-0.2, -0.15) is 0 Å². The van der Waals surface area contributed by atoms with Crippen molar-refractivity contribution >= 4 is 6.03 Å². The van der Waals surface area contributed by atoms with Gasteiger partial charge in [0.1, 0.15) is 0 Å². The van der Waals surface area contributed by atoms with Gasteiger partial charge in [-0.1, -0.05) is 6.92 Å². The Hall–Kier alpha value is -0.810. The molecule has 0 fully saturated rings. The van der Waals surface area contributed by atoms with E-state index in [-0.39, 0.29) is 12.1 Å². The normalized spacial score (nSPS) is 12.3. The molecule has 4 N–H and O–H groups in total. The Morgan fingerprint density at radius 2 is 2.36 bits per heavy atom. The van der Waals surface area contributed by atoms with Crippen LogP contribution in [0.5, 0.6) is 0 Å². The molecule has 0 rings (SSSR count). The number of hydrazine groups is 1. The van der Waals surface area contributed by atoms with Crippen LogP contribution in [0.3, 0.4) is 0 Å². The third kappa shape index (κ3) is 4.58. The van der Waals surface area contributed by atoms with Gasteiger partial charge in [-0.3, -0.25) is 5.43 Å². The lowest BCUT2D eigenvalue weighted by molar-refractivity contribution is 0.163. The molecule has 0 aromatic carbocycles. The number of methoxy groups -OCH3 is 1. The van der Waals surface area contributed by atoms with Crippen LogP contribution < -0.4 is 16.6 Å². The predicted octanol–water partition coefficient (Wildman–Crippen LogP) is -0.416. The van der Waals surface area contributed by atoms with Gasteiger partial charge < -0.3 is 10.1 Å². The Kier molecular flexibility index (Phi) is 5.50. The molecule has 0 saturated carbocycles. The highest BCUT2D eigenvalue weighted by Crippen LogP contribution is 1.89. The van der Waals surface area contributed by atoms with Crippen LogP contribution in [0.2, 0.25) is 0 Å². The zero-order chi connectivity index (χ0) is 8.69. The predicted molar refractivity (Wildman–Crippen MR) is 41.8 cm³/mol. The lowest BCUT2D eigenvalue weighted by Gasteiger charge is -2.14. The second-order valence-corrected chi connectivity index (χ2v) is 2.18. The van der Waals surface area contributed by atoms with Gasteiger partial charge in [0.2, 0.25) is 0 Å². The van der Waals surface area contributed by atoms with Crippen LogP contribution in [0.4, 0.5) is 4.79 Å². The van der Waals surface area contributed by atoms with Crippen molar-refractivity contribution in [3.05, 3.63) is 0 Å². The van der Waals surface area contributed by atoms with Crippen LogP contribution in [-0.2, 0) is 4.74 Å². The van der Waals surface area contributed by atoms with E-state index in [0.717, 1.165) is 6.42 Å². The Labute approximate surface area is 66.2 Å². The van der Waals surface area contributed by atoms with Crippen molar-refractivity contribution in [2.45, 2.75) is 19.4 Å². The van der Waals surface area contributed by atoms with Gasteiger partial charge >= 0.3 is 6.03 Å². The van der Waals surface area contributed by atoms with Crippen LogP contribution in [-0.4, -0.2) is 25.8 Å². The molecule has 5 heteroatoms. The fraction of sp³-hybridized carbons (Fsp3) is 0.833. The minimum atomic E-state index is -0.381. The van der Waals surface area contributed by atoms with E-state index >= 15 is 0 Å². The first-order valence-electron chi connectivity index (χ1n) is 3.50. The molecule has 0 aromatic rings. The summed E-state index contributed by atoms with van der Waals surface area (Å²) in [5.74, 6) is 4.87. The summed E-state index contributed by atoms with van der Waals surface area (Å²) in [6.07, 6.45) is 0.821. The number of ether oxygens (including phenoxy) is 1. The number of hydrogen-bond acceptors (Lipinski definition) is 3. The molecule has 5 nitrogen and oxygen atoms in total. The molecule has 0 aliphatic rings. The Bertz CT molecular complexity index is 118. The summed E-state index contributed by atoms with van der Waals surface area (Å²) in [5, 5.41) is 2.62. The molecule has 1 unspecified atom stereocenters. The van der Waals surface area contributed by atoms with E-state index in [1.807, 2.05) is 12.3 Å². The summed E-state index contributed by atoms with van der Waals surface area (Å²) < 4.78 is 4.86. The smallest absolute Gasteiger partial charge is 0.329 e. The number of rotatable bonds is 4. The number of hydrogen-bond donors (Lipinski definition) is 3. The van der Waals surface area contributed by atoms with Crippen LogP contribution in [0.1, 0.15) is 13.3 Å². The first-order chi connectivity index (χ1) is 5.24. The molecular formula is C6H15N3O2. The Balaban J connectivity index is 3.58. The van der Waals surface area contributed by atoms with Gasteiger partial charge in [-0.05, 0) is 6.42 Å². The molecule has 0 saturated heterocycles. The zero-order valence-electron chi connectivity index (χ0n) is 6.89. The Morgan fingerprint density at radius 3 is 2.73 bits per heavy atom. The SMILES string of the molecule is CCC(COC)NC(=O)NN. The summed E-state index contributed by atoms with van der Waals surface area (Å²) in [5.41, 5.74) is 1.98. The average Bonchev–Trinajstić information content (AvgIpc) is 2.03. The largest absolute Gasteiger partial charge is 0.383 e. The van der Waals surface area contributed by atoms with Crippen LogP contribution in [0.15, 0.2) is 0 Å². The lowest BCUT2D eigenvalue weighted by atomic mass is 10.2. The van der Waals surface area contributed by atoms with E-state index in [4.69, 9.17) is 10.6 Å². The molecule has 2 amide bonds. The van der Waals surface area contributed by atoms with Crippen molar-refractivity contribution in [1.82, 2.24) is 10.7 Å². The second kappa shape index (κ2) is 5.94. The Morgan fingerprint density at radius 1 is 1.73 bits per heavy atom. The fourth-order valence-electron chi connectivity index (χ4n) is 0.690. The van der Waals surface area contributed by atoms with Crippen molar-refractivity contribution in [2.24, 2.45) is 5.84 Å². The standard InChI is InChI=1S/C6H15N3O2/c1-3-5(4-11-2)8-6(10)9-7/h5H,3-4,7H2,1-2H3,(H2,8,9,10). The van der Waals surface area contributed by atoms with Gasteiger partial charge in [0.15, 0.2) is 0 Å². The van der Waals surface area contributed by atoms with Crippen LogP contribution in [0, 0.1) is 0 Å². The first kappa shape index (κ1) is 10.2. The maximum absolute atomic E-state index is 10.7. The van der Waals surface area contributed by atoms with Crippen molar-refractivity contribution in [3.63, 3.8) is 0 Å². The number of amides is 2.